The third-order valence-corrected chi connectivity index (χ3v) is 5.96. The zero-order valence-corrected chi connectivity index (χ0v) is 16.2. The maximum absolute atomic E-state index is 12.9. The average molecular weight is 382 g/mol. The van der Waals surface area contributed by atoms with Crippen molar-refractivity contribution < 1.29 is 19.4 Å². The van der Waals surface area contributed by atoms with Gasteiger partial charge in [0.05, 0.1) is 18.8 Å². The van der Waals surface area contributed by atoms with Gasteiger partial charge in [0.15, 0.2) is 11.5 Å². The maximum atomic E-state index is 12.9. The minimum absolute atomic E-state index is 0.0247. The molecule has 1 amide bonds. The number of ether oxygens (including phenoxy) is 2. The van der Waals surface area contributed by atoms with E-state index in [2.05, 4.69) is 4.98 Å². The highest BCUT2D eigenvalue weighted by atomic mass is 16.5. The smallest absolute Gasteiger partial charge is 0.255 e. The molecule has 1 aromatic heterocycles. The molecule has 0 spiro atoms. The van der Waals surface area contributed by atoms with Crippen LogP contribution >= 0.6 is 0 Å². The number of aromatic nitrogens is 1. The lowest BCUT2D eigenvalue weighted by atomic mass is 9.78. The molecule has 28 heavy (non-hydrogen) atoms. The second kappa shape index (κ2) is 7.80. The van der Waals surface area contributed by atoms with E-state index in [9.17, 15) is 9.90 Å². The van der Waals surface area contributed by atoms with Crippen LogP contribution in [0.2, 0.25) is 0 Å². The minimum Gasteiger partial charge on any atom is -0.493 e. The van der Waals surface area contributed by atoms with Gasteiger partial charge in [-0.05, 0) is 55.9 Å². The summed E-state index contributed by atoms with van der Waals surface area (Å²) in [5.41, 5.74) is 1.41. The fourth-order valence-corrected chi connectivity index (χ4v) is 4.44. The van der Waals surface area contributed by atoms with Gasteiger partial charge in [-0.3, -0.25) is 9.78 Å². The number of hydrogen-bond donors (Lipinski definition) is 1. The number of aliphatic hydroxyl groups is 1. The summed E-state index contributed by atoms with van der Waals surface area (Å²) < 4.78 is 11.5. The number of likely N-dealkylation sites (tertiary alicyclic amines) is 1. The summed E-state index contributed by atoms with van der Waals surface area (Å²) in [5, 5.41) is 10.6. The molecule has 2 aromatic rings. The molecule has 2 aliphatic rings. The number of carbonyl (C=O) groups excluding carboxylic acids is 1. The lowest BCUT2D eigenvalue weighted by molar-refractivity contribution is -0.0240. The average Bonchev–Trinajstić information content (AvgIpc) is 3.11. The van der Waals surface area contributed by atoms with Crippen LogP contribution in [0.1, 0.15) is 28.9 Å². The van der Waals surface area contributed by atoms with Crippen molar-refractivity contribution in [3.05, 3.63) is 53.9 Å². The van der Waals surface area contributed by atoms with Crippen molar-refractivity contribution in [1.29, 1.82) is 0 Å². The Labute approximate surface area is 165 Å². The standard InChI is InChI=1S/C22H26N2O4/c1-14-17(6-5-9-23-14)22(26)24-12-15-10-18(25)21(11-16(15)13-24)28-20-8-4-3-7-19(20)27-2/h3-9,15-16,18,21,25H,10-13H2,1-2H3/t15-,16+,18+,21+/m0/s1. The zero-order chi connectivity index (χ0) is 19.7. The zero-order valence-electron chi connectivity index (χ0n) is 16.2. The van der Waals surface area contributed by atoms with Gasteiger partial charge in [-0.25, -0.2) is 0 Å². The fraction of sp³-hybridized carbons (Fsp3) is 0.455. The summed E-state index contributed by atoms with van der Waals surface area (Å²) in [6.07, 6.45) is 2.21. The SMILES string of the molecule is COc1ccccc1O[C@@H]1C[C@@H]2CN(C(=O)c3cccnc3C)C[C@@H]2C[C@H]1O. The van der Waals surface area contributed by atoms with E-state index in [4.69, 9.17) is 9.47 Å². The summed E-state index contributed by atoms with van der Waals surface area (Å²) >= 11 is 0. The second-order valence-electron chi connectivity index (χ2n) is 7.71. The molecule has 1 saturated carbocycles. The number of aryl methyl sites for hydroxylation is 1. The topological polar surface area (TPSA) is 71.9 Å². The van der Waals surface area contributed by atoms with Gasteiger partial charge >= 0.3 is 0 Å². The monoisotopic (exact) mass is 382 g/mol. The Bertz CT molecular complexity index is 856. The lowest BCUT2D eigenvalue weighted by Crippen LogP contribution is -2.42. The van der Waals surface area contributed by atoms with E-state index in [0.717, 1.165) is 12.1 Å². The van der Waals surface area contributed by atoms with Crippen LogP contribution in [0, 0.1) is 18.8 Å². The maximum Gasteiger partial charge on any atom is 0.255 e. The highest BCUT2D eigenvalue weighted by Crippen LogP contribution is 2.39. The summed E-state index contributed by atoms with van der Waals surface area (Å²) in [6.45, 7) is 3.23. The van der Waals surface area contributed by atoms with E-state index >= 15 is 0 Å². The van der Waals surface area contributed by atoms with E-state index in [1.54, 1.807) is 19.4 Å². The molecule has 2 heterocycles. The van der Waals surface area contributed by atoms with Gasteiger partial charge in [-0.2, -0.15) is 0 Å². The number of hydrogen-bond acceptors (Lipinski definition) is 5. The van der Waals surface area contributed by atoms with Crippen molar-refractivity contribution in [3.8, 4) is 11.5 Å². The number of nitrogens with zero attached hydrogens (tertiary/aromatic N) is 2. The van der Waals surface area contributed by atoms with Crippen LogP contribution in [0.4, 0.5) is 0 Å². The van der Waals surface area contributed by atoms with Crippen LogP contribution in [0.15, 0.2) is 42.6 Å². The summed E-state index contributed by atoms with van der Waals surface area (Å²) in [5.74, 6) is 1.95. The van der Waals surface area contributed by atoms with E-state index in [0.29, 0.717) is 48.4 Å². The molecule has 4 atom stereocenters. The number of benzene rings is 1. The highest BCUT2D eigenvalue weighted by molar-refractivity contribution is 5.95. The fourth-order valence-electron chi connectivity index (χ4n) is 4.44. The number of aliphatic hydroxyl groups excluding tert-OH is 1. The third-order valence-electron chi connectivity index (χ3n) is 5.96. The van der Waals surface area contributed by atoms with Crippen LogP contribution in [-0.2, 0) is 0 Å². The van der Waals surface area contributed by atoms with Gasteiger partial charge in [-0.1, -0.05) is 12.1 Å². The van der Waals surface area contributed by atoms with E-state index < -0.39 is 6.10 Å². The molecular weight excluding hydrogens is 356 g/mol. The first-order chi connectivity index (χ1) is 13.6. The Balaban J connectivity index is 1.45. The molecular formula is C22H26N2O4. The number of fused-ring (bicyclic) bond motifs is 1. The predicted molar refractivity (Wildman–Crippen MR) is 105 cm³/mol. The van der Waals surface area contributed by atoms with Crippen LogP contribution in [-0.4, -0.2) is 53.3 Å². The molecule has 0 bridgehead atoms. The van der Waals surface area contributed by atoms with E-state index in [1.807, 2.05) is 42.2 Å². The number of carbonyl (C=O) groups is 1. The Morgan fingerprint density at radius 3 is 2.54 bits per heavy atom. The Hall–Kier alpha value is -2.60. The molecule has 1 saturated heterocycles. The van der Waals surface area contributed by atoms with Crippen LogP contribution < -0.4 is 9.47 Å². The first-order valence-electron chi connectivity index (χ1n) is 9.75. The Morgan fingerprint density at radius 1 is 1.11 bits per heavy atom. The first-order valence-corrected chi connectivity index (χ1v) is 9.75. The van der Waals surface area contributed by atoms with Crippen molar-refractivity contribution in [2.75, 3.05) is 20.2 Å². The number of pyridine rings is 1. The summed E-state index contributed by atoms with van der Waals surface area (Å²) in [6, 6.07) is 11.1. The minimum atomic E-state index is -0.554. The largest absolute Gasteiger partial charge is 0.493 e. The van der Waals surface area contributed by atoms with Gasteiger partial charge < -0.3 is 19.5 Å². The van der Waals surface area contributed by atoms with Crippen molar-refractivity contribution in [2.45, 2.75) is 32.0 Å². The highest BCUT2D eigenvalue weighted by Gasteiger charge is 2.44. The molecule has 1 aliphatic carbocycles. The molecule has 1 aliphatic heterocycles. The van der Waals surface area contributed by atoms with Crippen LogP contribution in [0.5, 0.6) is 11.5 Å². The molecule has 6 heteroatoms. The molecule has 0 unspecified atom stereocenters. The summed E-state index contributed by atoms with van der Waals surface area (Å²) in [7, 11) is 1.61. The predicted octanol–water partition coefficient (Wildman–Crippen LogP) is 2.69. The lowest BCUT2D eigenvalue weighted by Gasteiger charge is -2.35. The van der Waals surface area contributed by atoms with Crippen molar-refractivity contribution in [1.82, 2.24) is 9.88 Å². The van der Waals surface area contributed by atoms with E-state index in [1.165, 1.54) is 0 Å². The van der Waals surface area contributed by atoms with Gasteiger partial charge in [0, 0.05) is 25.0 Å². The molecule has 1 N–H and O–H groups in total. The van der Waals surface area contributed by atoms with Crippen molar-refractivity contribution >= 4 is 5.91 Å². The number of rotatable bonds is 4. The summed E-state index contributed by atoms with van der Waals surface area (Å²) in [4.78, 5) is 19.1. The van der Waals surface area contributed by atoms with Gasteiger partial charge in [0.1, 0.15) is 6.10 Å². The number of methoxy groups -OCH3 is 1. The molecule has 0 radical (unpaired) electrons. The first kappa shape index (κ1) is 18.7. The number of para-hydroxylation sites is 2. The normalized spacial score (nSPS) is 26.6. The Kier molecular flexibility index (Phi) is 5.22. The molecule has 6 nitrogen and oxygen atoms in total. The Morgan fingerprint density at radius 2 is 1.82 bits per heavy atom. The molecule has 1 aromatic carbocycles. The number of amides is 1. The second-order valence-corrected chi connectivity index (χ2v) is 7.71. The quantitative estimate of drug-likeness (QED) is 0.880. The third kappa shape index (κ3) is 3.56. The van der Waals surface area contributed by atoms with Crippen LogP contribution in [0.3, 0.4) is 0 Å². The van der Waals surface area contributed by atoms with Crippen molar-refractivity contribution in [3.63, 3.8) is 0 Å². The van der Waals surface area contributed by atoms with Gasteiger partial charge in [0.25, 0.3) is 5.91 Å². The molecule has 148 valence electrons. The van der Waals surface area contributed by atoms with E-state index in [-0.39, 0.29) is 12.0 Å². The van der Waals surface area contributed by atoms with Crippen molar-refractivity contribution in [2.24, 2.45) is 11.8 Å². The van der Waals surface area contributed by atoms with Crippen LogP contribution in [0.25, 0.3) is 0 Å². The molecule has 2 fully saturated rings. The van der Waals surface area contributed by atoms with Gasteiger partial charge in [0.2, 0.25) is 0 Å². The molecule has 4 rings (SSSR count). The van der Waals surface area contributed by atoms with Gasteiger partial charge in [-0.15, -0.1) is 0 Å².